The molecule has 2 aliphatic rings. The topological polar surface area (TPSA) is 101 Å². The van der Waals surface area contributed by atoms with Crippen molar-refractivity contribution in [1.82, 2.24) is 4.72 Å². The van der Waals surface area contributed by atoms with Gasteiger partial charge in [-0.25, -0.2) is 13.1 Å². The van der Waals surface area contributed by atoms with Gasteiger partial charge in [-0.3, -0.25) is 4.79 Å². The van der Waals surface area contributed by atoms with E-state index in [1.165, 1.54) is 12.1 Å². The number of nitrogens with two attached hydrogens (primary N) is 1. The zero-order valence-electron chi connectivity index (χ0n) is 13.7. The summed E-state index contributed by atoms with van der Waals surface area (Å²) < 4.78 is 27.0. The summed E-state index contributed by atoms with van der Waals surface area (Å²) in [6, 6.07) is 6.33. The molecule has 3 rings (SSSR count). The fourth-order valence-electron chi connectivity index (χ4n) is 3.25. The summed E-state index contributed by atoms with van der Waals surface area (Å²) in [6.45, 7) is 1.03. The second-order valence-corrected chi connectivity index (χ2v) is 8.61. The number of carbonyl (C=O) groups is 1. The summed E-state index contributed by atoms with van der Waals surface area (Å²) in [5.41, 5.74) is 6.34. The minimum Gasteiger partial charge on any atom is -0.330 e. The molecule has 0 bridgehead atoms. The zero-order valence-corrected chi connectivity index (χ0v) is 14.5. The highest BCUT2D eigenvalue weighted by atomic mass is 32.2. The van der Waals surface area contributed by atoms with Gasteiger partial charge in [0.1, 0.15) is 0 Å². The van der Waals surface area contributed by atoms with Crippen LogP contribution < -0.4 is 15.8 Å². The van der Waals surface area contributed by atoms with Gasteiger partial charge in [0.2, 0.25) is 15.9 Å². The van der Waals surface area contributed by atoms with Crippen molar-refractivity contribution in [2.45, 2.75) is 37.0 Å². The van der Waals surface area contributed by atoms with E-state index >= 15 is 0 Å². The fourth-order valence-corrected chi connectivity index (χ4v) is 4.37. The van der Waals surface area contributed by atoms with E-state index in [4.69, 9.17) is 5.73 Å². The van der Waals surface area contributed by atoms with E-state index in [9.17, 15) is 13.2 Å². The molecular weight excluding hydrogens is 326 g/mol. The van der Waals surface area contributed by atoms with Gasteiger partial charge in [-0.05, 0) is 68.3 Å². The lowest BCUT2D eigenvalue weighted by molar-refractivity contribution is -0.120. The molecule has 1 aromatic carbocycles. The Kier molecular flexibility index (Phi) is 5.22. The molecule has 2 atom stereocenters. The molecule has 0 unspecified atom stereocenters. The number of carbonyl (C=O) groups excluding carboxylic acids is 1. The first-order valence-corrected chi connectivity index (χ1v) is 10.1. The first kappa shape index (κ1) is 17.4. The van der Waals surface area contributed by atoms with E-state index in [1.54, 1.807) is 12.1 Å². The molecule has 1 aromatic rings. The maximum absolute atomic E-state index is 12.4. The van der Waals surface area contributed by atoms with Crippen LogP contribution in [0.1, 0.15) is 32.1 Å². The number of rotatable bonds is 7. The molecule has 2 fully saturated rings. The van der Waals surface area contributed by atoms with Gasteiger partial charge in [-0.1, -0.05) is 6.42 Å². The molecule has 6 nitrogen and oxygen atoms in total. The number of anilines is 1. The minimum absolute atomic E-state index is 0.0228. The van der Waals surface area contributed by atoms with Gasteiger partial charge >= 0.3 is 0 Å². The molecule has 7 heteroatoms. The molecule has 0 radical (unpaired) electrons. The van der Waals surface area contributed by atoms with Gasteiger partial charge in [-0.15, -0.1) is 0 Å². The quantitative estimate of drug-likeness (QED) is 0.696. The van der Waals surface area contributed by atoms with Crippen molar-refractivity contribution in [2.75, 3.05) is 18.4 Å². The van der Waals surface area contributed by atoms with E-state index in [1.807, 2.05) is 0 Å². The van der Waals surface area contributed by atoms with Crippen LogP contribution in [-0.2, 0) is 14.8 Å². The molecular formula is C17H25N3O3S. The number of nitrogens with one attached hydrogen (secondary N) is 2. The van der Waals surface area contributed by atoms with Crippen LogP contribution in [-0.4, -0.2) is 27.4 Å². The van der Waals surface area contributed by atoms with Gasteiger partial charge in [0, 0.05) is 18.2 Å². The third-order valence-corrected chi connectivity index (χ3v) is 6.43. The molecule has 132 valence electrons. The number of hydrogen-bond acceptors (Lipinski definition) is 4. The Hall–Kier alpha value is -1.44. The first-order chi connectivity index (χ1) is 11.5. The standard InChI is InChI=1S/C17H25N3O3S/c18-10-13-2-1-3-16(13)17(21)20-14-6-8-15(9-7-14)24(22,23)19-11-12-4-5-12/h6-9,12-13,16,19H,1-5,10-11,18H2,(H,20,21)/t13-,16-/m1/s1. The highest BCUT2D eigenvalue weighted by molar-refractivity contribution is 7.89. The van der Waals surface area contributed by atoms with E-state index in [2.05, 4.69) is 10.0 Å². The van der Waals surface area contributed by atoms with Gasteiger partial charge in [0.25, 0.3) is 0 Å². The lowest BCUT2D eigenvalue weighted by atomic mass is 9.95. The molecule has 0 aromatic heterocycles. The van der Waals surface area contributed by atoms with Crippen molar-refractivity contribution in [3.8, 4) is 0 Å². The minimum atomic E-state index is -3.47. The molecule has 24 heavy (non-hydrogen) atoms. The van der Waals surface area contributed by atoms with Crippen molar-refractivity contribution in [3.05, 3.63) is 24.3 Å². The number of hydrogen-bond donors (Lipinski definition) is 3. The summed E-state index contributed by atoms with van der Waals surface area (Å²) in [5, 5.41) is 2.88. The highest BCUT2D eigenvalue weighted by Crippen LogP contribution is 2.32. The van der Waals surface area contributed by atoms with Crippen LogP contribution in [0, 0.1) is 17.8 Å². The predicted molar refractivity (Wildman–Crippen MR) is 92.9 cm³/mol. The normalized spacial score (nSPS) is 24.0. The van der Waals surface area contributed by atoms with Crippen LogP contribution in [0.2, 0.25) is 0 Å². The summed E-state index contributed by atoms with van der Waals surface area (Å²) in [6.07, 6.45) is 5.09. The Bertz CT molecular complexity index is 684. The largest absolute Gasteiger partial charge is 0.330 e. The Labute approximate surface area is 143 Å². The average molecular weight is 351 g/mol. The SMILES string of the molecule is NC[C@H]1CCC[C@H]1C(=O)Nc1ccc(S(=O)(=O)NCC2CC2)cc1. The molecule has 2 aliphatic carbocycles. The van der Waals surface area contributed by atoms with Gasteiger partial charge in [0.15, 0.2) is 0 Å². The summed E-state index contributed by atoms with van der Waals surface area (Å²) >= 11 is 0. The maximum Gasteiger partial charge on any atom is 0.240 e. The second kappa shape index (κ2) is 7.21. The van der Waals surface area contributed by atoms with Crippen molar-refractivity contribution in [2.24, 2.45) is 23.5 Å². The summed E-state index contributed by atoms with van der Waals surface area (Å²) in [7, 11) is -3.47. The van der Waals surface area contributed by atoms with Crippen LogP contribution in [0.25, 0.3) is 0 Å². The van der Waals surface area contributed by atoms with Crippen LogP contribution in [0.15, 0.2) is 29.2 Å². The lowest BCUT2D eigenvalue weighted by Gasteiger charge is -2.17. The second-order valence-electron chi connectivity index (χ2n) is 6.84. The Morgan fingerprint density at radius 3 is 2.46 bits per heavy atom. The number of amides is 1. The summed E-state index contributed by atoms with van der Waals surface area (Å²) in [4.78, 5) is 12.6. The van der Waals surface area contributed by atoms with Gasteiger partial charge in [0.05, 0.1) is 4.90 Å². The zero-order chi connectivity index (χ0) is 17.2. The highest BCUT2D eigenvalue weighted by Gasteiger charge is 2.32. The van der Waals surface area contributed by atoms with E-state index < -0.39 is 10.0 Å². The van der Waals surface area contributed by atoms with Crippen molar-refractivity contribution in [3.63, 3.8) is 0 Å². The molecule has 0 aliphatic heterocycles. The van der Waals surface area contributed by atoms with Crippen LogP contribution in [0.3, 0.4) is 0 Å². The molecule has 2 saturated carbocycles. The van der Waals surface area contributed by atoms with E-state index in [-0.39, 0.29) is 22.6 Å². The van der Waals surface area contributed by atoms with E-state index in [0.717, 1.165) is 32.1 Å². The lowest BCUT2D eigenvalue weighted by Crippen LogP contribution is -2.29. The third kappa shape index (κ3) is 4.15. The van der Waals surface area contributed by atoms with Crippen molar-refractivity contribution < 1.29 is 13.2 Å². The molecule has 1 amide bonds. The summed E-state index contributed by atoms with van der Waals surface area (Å²) in [5.74, 6) is 0.667. The molecule has 0 saturated heterocycles. The third-order valence-electron chi connectivity index (χ3n) is 4.99. The van der Waals surface area contributed by atoms with Crippen LogP contribution in [0.4, 0.5) is 5.69 Å². The predicted octanol–water partition coefficient (Wildman–Crippen LogP) is 1.69. The van der Waals surface area contributed by atoms with Crippen molar-refractivity contribution in [1.29, 1.82) is 0 Å². The van der Waals surface area contributed by atoms with E-state index in [0.29, 0.717) is 24.7 Å². The van der Waals surface area contributed by atoms with Gasteiger partial charge < -0.3 is 11.1 Å². The maximum atomic E-state index is 12.4. The first-order valence-electron chi connectivity index (χ1n) is 8.60. The average Bonchev–Trinajstić information content (AvgIpc) is 3.28. The molecule has 4 N–H and O–H groups in total. The van der Waals surface area contributed by atoms with Crippen LogP contribution in [0.5, 0.6) is 0 Å². The molecule has 0 heterocycles. The van der Waals surface area contributed by atoms with Gasteiger partial charge in [-0.2, -0.15) is 0 Å². The number of benzene rings is 1. The Morgan fingerprint density at radius 1 is 1.12 bits per heavy atom. The smallest absolute Gasteiger partial charge is 0.240 e. The Morgan fingerprint density at radius 2 is 1.83 bits per heavy atom. The number of sulfonamides is 1. The van der Waals surface area contributed by atoms with Crippen LogP contribution >= 0.6 is 0 Å². The fraction of sp³-hybridized carbons (Fsp3) is 0.588. The monoisotopic (exact) mass is 351 g/mol. The molecule has 0 spiro atoms. The van der Waals surface area contributed by atoms with Crippen molar-refractivity contribution >= 4 is 21.6 Å². The Balaban J connectivity index is 1.60.